The van der Waals surface area contributed by atoms with Gasteiger partial charge in [0.1, 0.15) is 6.54 Å². The molecule has 0 spiro atoms. The van der Waals surface area contributed by atoms with Gasteiger partial charge in [-0.25, -0.2) is 0 Å². The molecule has 86 valence electrons. The van der Waals surface area contributed by atoms with Gasteiger partial charge in [0, 0.05) is 24.9 Å². The highest BCUT2D eigenvalue weighted by molar-refractivity contribution is 5.14. The van der Waals surface area contributed by atoms with Crippen LogP contribution in [-0.4, -0.2) is 14.8 Å². The lowest BCUT2D eigenvalue weighted by Crippen LogP contribution is -2.04. The summed E-state index contributed by atoms with van der Waals surface area (Å²) in [5.74, 6) is 1.30. The Morgan fingerprint density at radius 3 is 2.75 bits per heavy atom. The summed E-state index contributed by atoms with van der Waals surface area (Å²) in [7, 11) is 0. The minimum atomic E-state index is 0.0511. The average molecular weight is 220 g/mol. The zero-order valence-corrected chi connectivity index (χ0v) is 9.55. The van der Waals surface area contributed by atoms with Gasteiger partial charge in [0.15, 0.2) is 0 Å². The van der Waals surface area contributed by atoms with E-state index in [9.17, 15) is 0 Å². The molecule has 0 aliphatic carbocycles. The molecule has 1 unspecified atom stereocenters. The molecule has 0 saturated heterocycles. The third-order valence-electron chi connectivity index (χ3n) is 2.43. The molecule has 5 heteroatoms. The van der Waals surface area contributed by atoms with Crippen molar-refractivity contribution in [3.8, 4) is 0 Å². The first-order valence-corrected chi connectivity index (χ1v) is 5.41. The molecule has 0 aromatic carbocycles. The van der Waals surface area contributed by atoms with Gasteiger partial charge in [-0.05, 0) is 18.6 Å². The Labute approximate surface area is 94.3 Å². The maximum absolute atomic E-state index is 5.78. The molecule has 0 saturated carbocycles. The monoisotopic (exact) mass is 220 g/mol. The number of nitrogens with zero attached hydrogens (tertiary/aromatic N) is 3. The van der Waals surface area contributed by atoms with Crippen LogP contribution in [-0.2, 0) is 13.0 Å². The Morgan fingerprint density at radius 1 is 1.44 bits per heavy atom. The molecular formula is C11H16N4O. The Balaban J connectivity index is 2.08. The van der Waals surface area contributed by atoms with Crippen molar-refractivity contribution in [2.24, 2.45) is 5.73 Å². The molecule has 5 nitrogen and oxygen atoms in total. The largest absolute Gasteiger partial charge is 0.423 e. The van der Waals surface area contributed by atoms with Crippen LogP contribution in [0.5, 0.6) is 0 Å². The molecule has 0 amide bonds. The lowest BCUT2D eigenvalue weighted by Gasteiger charge is -2.00. The summed E-state index contributed by atoms with van der Waals surface area (Å²) in [4.78, 5) is 0. The second-order valence-corrected chi connectivity index (χ2v) is 3.85. The van der Waals surface area contributed by atoms with Crippen molar-refractivity contribution < 1.29 is 4.42 Å². The van der Waals surface area contributed by atoms with Crippen molar-refractivity contribution in [1.82, 2.24) is 14.8 Å². The van der Waals surface area contributed by atoms with Crippen molar-refractivity contribution in [3.05, 3.63) is 35.8 Å². The van der Waals surface area contributed by atoms with Gasteiger partial charge in [0.25, 0.3) is 0 Å². The maximum Gasteiger partial charge on any atom is 0.236 e. The maximum atomic E-state index is 5.78. The normalized spacial score (nSPS) is 12.9. The van der Waals surface area contributed by atoms with E-state index in [4.69, 9.17) is 10.2 Å². The Hall–Kier alpha value is -1.62. The van der Waals surface area contributed by atoms with Crippen molar-refractivity contribution in [1.29, 1.82) is 0 Å². The quantitative estimate of drug-likeness (QED) is 0.847. The molecule has 2 aromatic rings. The van der Waals surface area contributed by atoms with Crippen molar-refractivity contribution in [2.75, 3.05) is 0 Å². The van der Waals surface area contributed by atoms with Gasteiger partial charge < -0.3 is 14.7 Å². The van der Waals surface area contributed by atoms with Crippen molar-refractivity contribution >= 4 is 0 Å². The SMILES string of the molecule is CCc1nnc(Cn2ccc(C(C)N)c2)o1. The number of rotatable bonds is 4. The molecule has 0 radical (unpaired) electrons. The highest BCUT2D eigenvalue weighted by atomic mass is 16.4. The summed E-state index contributed by atoms with van der Waals surface area (Å²) in [5.41, 5.74) is 6.89. The Morgan fingerprint density at radius 2 is 2.19 bits per heavy atom. The van der Waals surface area contributed by atoms with Crippen LogP contribution in [0, 0.1) is 0 Å². The molecule has 2 N–H and O–H groups in total. The average Bonchev–Trinajstić information content (AvgIpc) is 2.87. The molecule has 0 aliphatic rings. The second-order valence-electron chi connectivity index (χ2n) is 3.85. The Bertz CT molecular complexity index is 458. The first kappa shape index (κ1) is 10.9. The van der Waals surface area contributed by atoms with Crippen LogP contribution in [0.4, 0.5) is 0 Å². The highest BCUT2D eigenvalue weighted by Gasteiger charge is 2.06. The van der Waals surface area contributed by atoms with E-state index < -0.39 is 0 Å². The van der Waals surface area contributed by atoms with Gasteiger partial charge in [-0.2, -0.15) is 0 Å². The smallest absolute Gasteiger partial charge is 0.236 e. The van der Waals surface area contributed by atoms with E-state index in [0.29, 0.717) is 18.3 Å². The van der Waals surface area contributed by atoms with Gasteiger partial charge in [-0.15, -0.1) is 10.2 Å². The highest BCUT2D eigenvalue weighted by Crippen LogP contribution is 2.11. The lowest BCUT2D eigenvalue weighted by molar-refractivity contribution is 0.442. The molecule has 0 aliphatic heterocycles. The predicted molar refractivity (Wildman–Crippen MR) is 59.8 cm³/mol. The van der Waals surface area contributed by atoms with Crippen LogP contribution >= 0.6 is 0 Å². The first-order chi connectivity index (χ1) is 7.69. The van der Waals surface area contributed by atoms with E-state index in [-0.39, 0.29) is 6.04 Å². The number of aryl methyl sites for hydroxylation is 1. The van der Waals surface area contributed by atoms with Gasteiger partial charge in [0.2, 0.25) is 11.8 Å². The van der Waals surface area contributed by atoms with Gasteiger partial charge in [-0.1, -0.05) is 6.92 Å². The summed E-state index contributed by atoms with van der Waals surface area (Å²) in [6, 6.07) is 2.05. The van der Waals surface area contributed by atoms with Crippen LogP contribution in [0.1, 0.15) is 37.2 Å². The van der Waals surface area contributed by atoms with Gasteiger partial charge in [-0.3, -0.25) is 0 Å². The van der Waals surface area contributed by atoms with Crippen molar-refractivity contribution in [2.45, 2.75) is 32.9 Å². The standard InChI is InChI=1S/C11H16N4O/c1-3-10-13-14-11(16-10)7-15-5-4-9(6-15)8(2)12/h4-6,8H,3,7,12H2,1-2H3. The molecule has 2 rings (SSSR count). The zero-order valence-electron chi connectivity index (χ0n) is 9.55. The van der Waals surface area contributed by atoms with Gasteiger partial charge in [0.05, 0.1) is 0 Å². The number of hydrogen-bond acceptors (Lipinski definition) is 4. The predicted octanol–water partition coefficient (Wildman–Crippen LogP) is 1.50. The van der Waals surface area contributed by atoms with E-state index in [1.165, 1.54) is 0 Å². The minimum absolute atomic E-state index is 0.0511. The number of nitrogens with two attached hydrogens (primary N) is 1. The van der Waals surface area contributed by atoms with E-state index >= 15 is 0 Å². The molecule has 1 atom stereocenters. The van der Waals surface area contributed by atoms with Crippen LogP contribution in [0.15, 0.2) is 22.9 Å². The summed E-state index contributed by atoms with van der Waals surface area (Å²) in [5, 5.41) is 7.89. The third-order valence-corrected chi connectivity index (χ3v) is 2.43. The molecule has 2 aromatic heterocycles. The zero-order chi connectivity index (χ0) is 11.5. The Kier molecular flexibility index (Phi) is 3.05. The second kappa shape index (κ2) is 4.49. The third kappa shape index (κ3) is 2.30. The van der Waals surface area contributed by atoms with E-state index in [0.717, 1.165) is 12.0 Å². The number of hydrogen-bond donors (Lipinski definition) is 1. The fourth-order valence-corrected chi connectivity index (χ4v) is 1.48. The lowest BCUT2D eigenvalue weighted by atomic mass is 10.2. The summed E-state index contributed by atoms with van der Waals surface area (Å²) < 4.78 is 7.42. The molecule has 16 heavy (non-hydrogen) atoms. The van der Waals surface area contributed by atoms with Crippen molar-refractivity contribution in [3.63, 3.8) is 0 Å². The molecule has 2 heterocycles. The summed E-state index contributed by atoms with van der Waals surface area (Å²) in [6.07, 6.45) is 4.73. The van der Waals surface area contributed by atoms with Gasteiger partial charge >= 0.3 is 0 Å². The topological polar surface area (TPSA) is 69.9 Å². The fourth-order valence-electron chi connectivity index (χ4n) is 1.48. The van der Waals surface area contributed by atoms with E-state index in [2.05, 4.69) is 10.2 Å². The molecule has 0 fully saturated rings. The van der Waals surface area contributed by atoms with Crippen LogP contribution in [0.2, 0.25) is 0 Å². The number of aromatic nitrogens is 3. The molecule has 0 bridgehead atoms. The fraction of sp³-hybridized carbons (Fsp3) is 0.455. The van der Waals surface area contributed by atoms with E-state index in [1.807, 2.05) is 36.9 Å². The van der Waals surface area contributed by atoms with Crippen LogP contribution in [0.3, 0.4) is 0 Å². The van der Waals surface area contributed by atoms with Crippen LogP contribution < -0.4 is 5.73 Å². The molecular weight excluding hydrogens is 204 g/mol. The minimum Gasteiger partial charge on any atom is -0.423 e. The van der Waals surface area contributed by atoms with E-state index in [1.54, 1.807) is 0 Å². The summed E-state index contributed by atoms with van der Waals surface area (Å²) in [6.45, 7) is 4.54. The summed E-state index contributed by atoms with van der Waals surface area (Å²) >= 11 is 0. The first-order valence-electron chi connectivity index (χ1n) is 5.41. The van der Waals surface area contributed by atoms with Crippen LogP contribution in [0.25, 0.3) is 0 Å².